The van der Waals surface area contributed by atoms with Gasteiger partial charge >= 0.3 is 0 Å². The fourth-order valence-corrected chi connectivity index (χ4v) is 1.52. The van der Waals surface area contributed by atoms with Gasteiger partial charge in [-0.05, 0) is 39.2 Å². The summed E-state index contributed by atoms with van der Waals surface area (Å²) in [7, 11) is 3.90. The van der Waals surface area contributed by atoms with Crippen molar-refractivity contribution in [1.82, 2.24) is 10.2 Å². The molecule has 6 heteroatoms. The minimum atomic E-state index is -0.708. The zero-order valence-corrected chi connectivity index (χ0v) is 11.2. The summed E-state index contributed by atoms with van der Waals surface area (Å²) in [6.45, 7) is 1.26. The Hall–Kier alpha value is -1.69. The molecule has 0 aromatic heterocycles. The molecule has 1 amide bonds. The summed E-state index contributed by atoms with van der Waals surface area (Å²) in [4.78, 5) is 13.5. The van der Waals surface area contributed by atoms with Crippen LogP contribution in [0.2, 0.25) is 0 Å². The molecule has 1 aromatic rings. The average Bonchev–Trinajstić information content (AvgIpc) is 2.34. The standard InChI is InChI=1S/C13H19F2N3O/c1-18(2)8-4-7-16-12(19)9-17-13-10(14)5-3-6-11(13)15/h3,5-6,17H,4,7-9H2,1-2H3,(H,16,19). The van der Waals surface area contributed by atoms with Gasteiger partial charge in [0, 0.05) is 6.54 Å². The molecule has 0 bridgehead atoms. The fourth-order valence-electron chi connectivity index (χ4n) is 1.52. The van der Waals surface area contributed by atoms with Crippen molar-refractivity contribution in [1.29, 1.82) is 0 Å². The first-order chi connectivity index (χ1) is 9.00. The van der Waals surface area contributed by atoms with Gasteiger partial charge in [-0.3, -0.25) is 4.79 Å². The van der Waals surface area contributed by atoms with Crippen molar-refractivity contribution in [2.45, 2.75) is 6.42 Å². The highest BCUT2D eigenvalue weighted by atomic mass is 19.1. The predicted octanol–water partition coefficient (Wildman–Crippen LogP) is 1.44. The van der Waals surface area contributed by atoms with E-state index in [1.54, 1.807) is 0 Å². The number of halogens is 2. The number of para-hydroxylation sites is 1. The van der Waals surface area contributed by atoms with E-state index in [1.165, 1.54) is 6.07 Å². The Morgan fingerprint density at radius 1 is 1.26 bits per heavy atom. The van der Waals surface area contributed by atoms with Crippen LogP contribution >= 0.6 is 0 Å². The minimum Gasteiger partial charge on any atom is -0.371 e. The number of carbonyl (C=O) groups is 1. The van der Waals surface area contributed by atoms with Gasteiger partial charge in [-0.1, -0.05) is 6.07 Å². The van der Waals surface area contributed by atoms with Crippen LogP contribution in [-0.4, -0.2) is 44.5 Å². The van der Waals surface area contributed by atoms with Gasteiger partial charge in [0.2, 0.25) is 5.91 Å². The van der Waals surface area contributed by atoms with Gasteiger partial charge < -0.3 is 15.5 Å². The predicted molar refractivity (Wildman–Crippen MR) is 71.0 cm³/mol. The second-order valence-corrected chi connectivity index (χ2v) is 4.46. The van der Waals surface area contributed by atoms with Crippen LogP contribution in [0.25, 0.3) is 0 Å². The molecule has 1 rings (SSSR count). The quantitative estimate of drug-likeness (QED) is 0.738. The van der Waals surface area contributed by atoms with Crippen molar-refractivity contribution in [2.75, 3.05) is 39.0 Å². The van der Waals surface area contributed by atoms with Crippen LogP contribution in [0.15, 0.2) is 18.2 Å². The molecule has 4 nitrogen and oxygen atoms in total. The highest BCUT2D eigenvalue weighted by Crippen LogP contribution is 2.17. The van der Waals surface area contributed by atoms with Crippen molar-refractivity contribution in [2.24, 2.45) is 0 Å². The first-order valence-corrected chi connectivity index (χ1v) is 6.10. The van der Waals surface area contributed by atoms with Crippen LogP contribution in [0.5, 0.6) is 0 Å². The highest BCUT2D eigenvalue weighted by Gasteiger charge is 2.09. The molecule has 0 unspecified atom stereocenters. The van der Waals surface area contributed by atoms with E-state index in [0.717, 1.165) is 25.1 Å². The maximum Gasteiger partial charge on any atom is 0.239 e. The largest absolute Gasteiger partial charge is 0.371 e. The maximum atomic E-state index is 13.3. The lowest BCUT2D eigenvalue weighted by Gasteiger charge is -2.11. The van der Waals surface area contributed by atoms with Gasteiger partial charge in [-0.2, -0.15) is 0 Å². The third-order valence-electron chi connectivity index (χ3n) is 2.49. The van der Waals surface area contributed by atoms with Gasteiger partial charge in [0.15, 0.2) is 0 Å². The van der Waals surface area contributed by atoms with E-state index in [2.05, 4.69) is 10.6 Å². The van der Waals surface area contributed by atoms with Crippen molar-refractivity contribution in [3.8, 4) is 0 Å². The molecule has 0 aliphatic rings. The number of hydrogen-bond acceptors (Lipinski definition) is 3. The van der Waals surface area contributed by atoms with Gasteiger partial charge in [-0.15, -0.1) is 0 Å². The van der Waals surface area contributed by atoms with E-state index in [4.69, 9.17) is 0 Å². The van der Waals surface area contributed by atoms with Crippen molar-refractivity contribution >= 4 is 11.6 Å². The number of rotatable bonds is 7. The van der Waals surface area contributed by atoms with Crippen molar-refractivity contribution in [3.05, 3.63) is 29.8 Å². The number of nitrogens with one attached hydrogen (secondary N) is 2. The second-order valence-electron chi connectivity index (χ2n) is 4.46. The highest BCUT2D eigenvalue weighted by molar-refractivity contribution is 5.80. The average molecular weight is 271 g/mol. The number of nitrogens with zero attached hydrogens (tertiary/aromatic N) is 1. The van der Waals surface area contributed by atoms with Crippen molar-refractivity contribution < 1.29 is 13.6 Å². The molecule has 0 aliphatic carbocycles. The Bertz CT molecular complexity index is 404. The van der Waals surface area contributed by atoms with Gasteiger partial charge in [0.1, 0.15) is 17.3 Å². The van der Waals surface area contributed by atoms with Gasteiger partial charge in [-0.25, -0.2) is 8.78 Å². The molecule has 0 saturated heterocycles. The number of carbonyl (C=O) groups excluding carboxylic acids is 1. The minimum absolute atomic E-state index is 0.153. The number of amides is 1. The van der Waals surface area contributed by atoms with Crippen LogP contribution in [0.1, 0.15) is 6.42 Å². The summed E-state index contributed by atoms with van der Waals surface area (Å²) in [5, 5.41) is 5.13. The van der Waals surface area contributed by atoms with Gasteiger partial charge in [0.05, 0.1) is 6.54 Å². The van der Waals surface area contributed by atoms with E-state index < -0.39 is 11.6 Å². The Balaban J connectivity index is 2.30. The SMILES string of the molecule is CN(C)CCCNC(=O)CNc1c(F)cccc1F. The van der Waals surface area contributed by atoms with E-state index in [-0.39, 0.29) is 18.1 Å². The maximum absolute atomic E-state index is 13.3. The van der Waals surface area contributed by atoms with Crippen molar-refractivity contribution in [3.63, 3.8) is 0 Å². The number of benzene rings is 1. The van der Waals surface area contributed by atoms with E-state index >= 15 is 0 Å². The molecule has 0 atom stereocenters. The molecule has 0 aliphatic heterocycles. The smallest absolute Gasteiger partial charge is 0.239 e. The molecular weight excluding hydrogens is 252 g/mol. The summed E-state index contributed by atoms with van der Waals surface area (Å²) in [6.07, 6.45) is 0.826. The molecule has 0 saturated carbocycles. The summed E-state index contributed by atoms with van der Waals surface area (Å²) < 4.78 is 26.5. The zero-order chi connectivity index (χ0) is 14.3. The fraction of sp³-hybridized carbons (Fsp3) is 0.462. The van der Waals surface area contributed by atoms with Gasteiger partial charge in [0.25, 0.3) is 0 Å². The Morgan fingerprint density at radius 2 is 1.89 bits per heavy atom. The lowest BCUT2D eigenvalue weighted by Crippen LogP contribution is -2.32. The van der Waals surface area contributed by atoms with E-state index in [9.17, 15) is 13.6 Å². The normalized spacial score (nSPS) is 10.6. The molecule has 0 spiro atoms. The molecular formula is C13H19F2N3O. The Labute approximate surface area is 111 Å². The summed E-state index contributed by atoms with van der Waals surface area (Å²) in [5.41, 5.74) is -0.272. The summed E-state index contributed by atoms with van der Waals surface area (Å²) in [5.74, 6) is -1.71. The lowest BCUT2D eigenvalue weighted by atomic mass is 10.3. The topological polar surface area (TPSA) is 44.4 Å². The molecule has 1 aromatic carbocycles. The number of anilines is 1. The third kappa shape index (κ3) is 5.65. The van der Waals surface area contributed by atoms with Crippen LogP contribution in [-0.2, 0) is 4.79 Å². The van der Waals surface area contributed by atoms with E-state index in [0.29, 0.717) is 6.54 Å². The molecule has 0 fully saturated rings. The van der Waals surface area contributed by atoms with Crippen LogP contribution in [0, 0.1) is 11.6 Å². The molecule has 0 heterocycles. The van der Waals surface area contributed by atoms with E-state index in [1.807, 2.05) is 19.0 Å². The Kier molecular flexibility index (Phi) is 6.21. The summed E-state index contributed by atoms with van der Waals surface area (Å²) >= 11 is 0. The summed E-state index contributed by atoms with van der Waals surface area (Å²) in [6, 6.07) is 3.55. The van der Waals surface area contributed by atoms with Crippen LogP contribution in [0.3, 0.4) is 0 Å². The number of hydrogen-bond donors (Lipinski definition) is 2. The molecule has 0 radical (unpaired) electrons. The Morgan fingerprint density at radius 3 is 2.47 bits per heavy atom. The molecule has 19 heavy (non-hydrogen) atoms. The second kappa shape index (κ2) is 7.68. The third-order valence-corrected chi connectivity index (χ3v) is 2.49. The van der Waals surface area contributed by atoms with Crippen LogP contribution < -0.4 is 10.6 Å². The molecule has 106 valence electrons. The monoisotopic (exact) mass is 271 g/mol. The first kappa shape index (κ1) is 15.4. The lowest BCUT2D eigenvalue weighted by molar-refractivity contribution is -0.119. The zero-order valence-electron chi connectivity index (χ0n) is 11.2. The first-order valence-electron chi connectivity index (χ1n) is 6.10. The molecule has 2 N–H and O–H groups in total. The van der Waals surface area contributed by atoms with Crippen LogP contribution in [0.4, 0.5) is 14.5 Å².